The smallest absolute Gasteiger partial charge is 0.258 e. The van der Waals surface area contributed by atoms with E-state index >= 15 is 0 Å². The number of para-hydroxylation sites is 1. The largest absolute Gasteiger partial charge is 0.351 e. The van der Waals surface area contributed by atoms with Gasteiger partial charge < -0.3 is 10.2 Å². The highest BCUT2D eigenvalue weighted by Gasteiger charge is 2.54. The topological polar surface area (TPSA) is 69.7 Å². The molecular formula is C24H29N3O3. The number of carbonyl (C=O) groups excluding carboxylic acids is 3. The van der Waals surface area contributed by atoms with Crippen LogP contribution in [0.2, 0.25) is 0 Å². The maximum absolute atomic E-state index is 13.4. The molecule has 1 aromatic rings. The van der Waals surface area contributed by atoms with E-state index in [9.17, 15) is 14.4 Å². The standard InChI is InChI=1S/C24H29N3O3/c1-24-7-6-21(29)27(24)19-5-3-2-4-18(19)23(30)26(24)13-20(28)25-22-16-9-14-8-15(11-16)12-17(22)10-14/h2-5,14-17,22H,6-13H2,1H3,(H,25,28). The molecule has 5 fully saturated rings. The second-order valence-corrected chi connectivity index (χ2v) is 10.4. The van der Waals surface area contributed by atoms with Gasteiger partial charge in [-0.1, -0.05) is 12.1 Å². The molecule has 1 atom stereocenters. The van der Waals surface area contributed by atoms with Crippen LogP contribution in [0.3, 0.4) is 0 Å². The Morgan fingerprint density at radius 1 is 1.07 bits per heavy atom. The van der Waals surface area contributed by atoms with Crippen molar-refractivity contribution in [1.29, 1.82) is 0 Å². The second kappa shape index (κ2) is 6.32. The molecule has 1 aromatic carbocycles. The Hall–Kier alpha value is -2.37. The fourth-order valence-corrected chi connectivity index (χ4v) is 7.48. The van der Waals surface area contributed by atoms with Crippen molar-refractivity contribution in [1.82, 2.24) is 10.2 Å². The predicted octanol–water partition coefficient (Wildman–Crippen LogP) is 2.93. The average Bonchev–Trinajstić information content (AvgIpc) is 3.03. The molecule has 30 heavy (non-hydrogen) atoms. The van der Waals surface area contributed by atoms with Gasteiger partial charge in [-0.15, -0.1) is 0 Å². The molecule has 6 nitrogen and oxygen atoms in total. The zero-order chi connectivity index (χ0) is 20.6. The van der Waals surface area contributed by atoms with Crippen LogP contribution in [-0.2, 0) is 9.59 Å². The van der Waals surface area contributed by atoms with E-state index in [1.807, 2.05) is 25.1 Å². The summed E-state index contributed by atoms with van der Waals surface area (Å²) in [6, 6.07) is 7.51. The van der Waals surface area contributed by atoms with Crippen LogP contribution in [0.25, 0.3) is 0 Å². The number of amides is 3. The van der Waals surface area contributed by atoms with E-state index in [1.54, 1.807) is 15.9 Å². The van der Waals surface area contributed by atoms with Gasteiger partial charge in [0.05, 0.1) is 11.3 Å². The number of anilines is 1. The molecule has 2 heterocycles. The normalized spacial score (nSPS) is 38.6. The van der Waals surface area contributed by atoms with Gasteiger partial charge in [0.1, 0.15) is 12.2 Å². The van der Waals surface area contributed by atoms with Gasteiger partial charge in [0.15, 0.2) is 0 Å². The zero-order valence-corrected chi connectivity index (χ0v) is 17.5. The second-order valence-electron chi connectivity index (χ2n) is 10.4. The van der Waals surface area contributed by atoms with Gasteiger partial charge in [-0.25, -0.2) is 0 Å². The molecule has 1 N–H and O–H groups in total. The fraction of sp³-hybridized carbons (Fsp3) is 0.625. The number of rotatable bonds is 3. The van der Waals surface area contributed by atoms with E-state index in [4.69, 9.17) is 0 Å². The van der Waals surface area contributed by atoms with Crippen molar-refractivity contribution >= 4 is 23.4 Å². The minimum absolute atomic E-state index is 0.0102. The number of hydrogen-bond acceptors (Lipinski definition) is 3. The number of nitrogens with zero attached hydrogens (tertiary/aromatic N) is 2. The summed E-state index contributed by atoms with van der Waals surface area (Å²) >= 11 is 0. The minimum Gasteiger partial charge on any atom is -0.351 e. The molecular weight excluding hydrogens is 378 g/mol. The first-order chi connectivity index (χ1) is 14.4. The Morgan fingerprint density at radius 2 is 1.73 bits per heavy atom. The Kier molecular flexibility index (Phi) is 3.87. The van der Waals surface area contributed by atoms with E-state index in [-0.39, 0.29) is 30.3 Å². The van der Waals surface area contributed by atoms with Crippen LogP contribution < -0.4 is 10.2 Å². The molecule has 4 bridgehead atoms. The maximum Gasteiger partial charge on any atom is 0.258 e. The van der Waals surface area contributed by atoms with Gasteiger partial charge in [0, 0.05) is 12.5 Å². The molecule has 6 aliphatic rings. The molecule has 4 aliphatic carbocycles. The summed E-state index contributed by atoms with van der Waals surface area (Å²) < 4.78 is 0. The van der Waals surface area contributed by atoms with Crippen LogP contribution >= 0.6 is 0 Å². The van der Waals surface area contributed by atoms with Gasteiger partial charge in [-0.3, -0.25) is 19.3 Å². The molecule has 158 valence electrons. The number of fused-ring (bicyclic) bond motifs is 3. The van der Waals surface area contributed by atoms with Crippen LogP contribution in [0.5, 0.6) is 0 Å². The summed E-state index contributed by atoms with van der Waals surface area (Å²) in [5, 5.41) is 3.33. The lowest BCUT2D eigenvalue weighted by atomic mass is 9.54. The average molecular weight is 408 g/mol. The van der Waals surface area contributed by atoms with Gasteiger partial charge in [-0.05, 0) is 81.3 Å². The van der Waals surface area contributed by atoms with Crippen molar-refractivity contribution < 1.29 is 14.4 Å². The summed E-state index contributed by atoms with van der Waals surface area (Å²) in [6.45, 7) is 1.93. The first-order valence-corrected chi connectivity index (χ1v) is 11.5. The maximum atomic E-state index is 13.4. The van der Waals surface area contributed by atoms with Gasteiger partial charge in [-0.2, -0.15) is 0 Å². The van der Waals surface area contributed by atoms with Gasteiger partial charge >= 0.3 is 0 Å². The van der Waals surface area contributed by atoms with Crippen LogP contribution in [0.1, 0.15) is 62.2 Å². The molecule has 1 saturated heterocycles. The minimum atomic E-state index is -0.774. The first-order valence-electron chi connectivity index (χ1n) is 11.5. The molecule has 1 unspecified atom stereocenters. The zero-order valence-electron chi connectivity index (χ0n) is 17.5. The molecule has 0 spiro atoms. The van der Waals surface area contributed by atoms with Crippen molar-refractivity contribution in [2.45, 2.75) is 63.6 Å². The fourth-order valence-electron chi connectivity index (χ4n) is 7.48. The lowest BCUT2D eigenvalue weighted by Crippen LogP contribution is -2.65. The number of hydrogen-bond donors (Lipinski definition) is 1. The molecule has 0 radical (unpaired) electrons. The van der Waals surface area contributed by atoms with Crippen molar-refractivity contribution in [3.63, 3.8) is 0 Å². The van der Waals surface area contributed by atoms with Crippen molar-refractivity contribution in [2.75, 3.05) is 11.4 Å². The molecule has 4 saturated carbocycles. The lowest BCUT2D eigenvalue weighted by Gasteiger charge is -2.54. The van der Waals surface area contributed by atoms with Crippen LogP contribution in [-0.4, -0.2) is 40.9 Å². The third kappa shape index (κ3) is 2.51. The summed E-state index contributed by atoms with van der Waals surface area (Å²) in [5.41, 5.74) is 0.405. The third-order valence-electron chi connectivity index (χ3n) is 8.60. The van der Waals surface area contributed by atoms with Crippen LogP contribution in [0, 0.1) is 23.7 Å². The molecule has 6 heteroatoms. The summed E-state index contributed by atoms with van der Waals surface area (Å²) in [7, 11) is 0. The van der Waals surface area contributed by atoms with E-state index in [0.29, 0.717) is 35.9 Å². The molecule has 2 aliphatic heterocycles. The SMILES string of the molecule is CC12CCC(=O)N1c1ccccc1C(=O)N2CC(=O)NC1C2CC3CC(C2)CC1C3. The Bertz CT molecular complexity index is 915. The summed E-state index contributed by atoms with van der Waals surface area (Å²) in [5.74, 6) is 2.70. The highest BCUT2D eigenvalue weighted by Crippen LogP contribution is 2.53. The molecule has 7 rings (SSSR count). The number of nitrogens with one attached hydrogen (secondary N) is 1. The van der Waals surface area contributed by atoms with Crippen molar-refractivity contribution in [3.05, 3.63) is 29.8 Å². The Balaban J connectivity index is 1.25. The predicted molar refractivity (Wildman–Crippen MR) is 112 cm³/mol. The summed E-state index contributed by atoms with van der Waals surface area (Å²) in [6.07, 6.45) is 7.31. The van der Waals surface area contributed by atoms with E-state index < -0.39 is 5.66 Å². The Morgan fingerprint density at radius 3 is 2.43 bits per heavy atom. The van der Waals surface area contributed by atoms with E-state index in [2.05, 4.69) is 5.32 Å². The quantitative estimate of drug-likeness (QED) is 0.838. The van der Waals surface area contributed by atoms with Gasteiger partial charge in [0.2, 0.25) is 11.8 Å². The lowest BCUT2D eigenvalue weighted by molar-refractivity contribution is -0.127. The van der Waals surface area contributed by atoms with E-state index in [1.165, 1.54) is 32.1 Å². The number of benzene rings is 1. The van der Waals surface area contributed by atoms with Crippen LogP contribution in [0.15, 0.2) is 24.3 Å². The van der Waals surface area contributed by atoms with Crippen molar-refractivity contribution in [2.24, 2.45) is 23.7 Å². The highest BCUT2D eigenvalue weighted by atomic mass is 16.2. The molecule has 3 amide bonds. The van der Waals surface area contributed by atoms with Crippen LogP contribution in [0.4, 0.5) is 5.69 Å². The third-order valence-corrected chi connectivity index (χ3v) is 8.60. The Labute approximate surface area is 177 Å². The summed E-state index contributed by atoms with van der Waals surface area (Å²) in [4.78, 5) is 42.6. The first kappa shape index (κ1) is 18.4. The van der Waals surface area contributed by atoms with E-state index in [0.717, 1.165) is 11.8 Å². The molecule has 0 aromatic heterocycles. The van der Waals surface area contributed by atoms with Gasteiger partial charge in [0.25, 0.3) is 5.91 Å². The number of carbonyl (C=O) groups is 3. The highest BCUT2D eigenvalue weighted by molar-refractivity contribution is 6.11. The van der Waals surface area contributed by atoms with Crippen molar-refractivity contribution in [3.8, 4) is 0 Å². The monoisotopic (exact) mass is 407 g/mol.